The minimum absolute atomic E-state index is 0.330. The average Bonchev–Trinajstić information content (AvgIpc) is 2.60. The number of ether oxygens (including phenoxy) is 1. The molecule has 2 aromatic rings. The van der Waals surface area contributed by atoms with Crippen molar-refractivity contribution in [3.05, 3.63) is 65.2 Å². The van der Waals surface area contributed by atoms with Gasteiger partial charge in [0.15, 0.2) is 0 Å². The molecule has 1 heterocycles. The highest BCUT2D eigenvalue weighted by Gasteiger charge is 2.35. The van der Waals surface area contributed by atoms with Gasteiger partial charge in [-0.05, 0) is 35.2 Å². The third-order valence-electron chi connectivity index (χ3n) is 4.22. The van der Waals surface area contributed by atoms with Gasteiger partial charge >= 0.3 is 0 Å². The van der Waals surface area contributed by atoms with E-state index >= 15 is 0 Å². The summed E-state index contributed by atoms with van der Waals surface area (Å²) in [7, 11) is -0.444. The zero-order chi connectivity index (χ0) is 16.4. The van der Waals surface area contributed by atoms with Gasteiger partial charge in [-0.3, -0.25) is 0 Å². The van der Waals surface area contributed by atoms with Crippen molar-refractivity contribution in [2.45, 2.75) is 12.5 Å². The van der Waals surface area contributed by atoms with E-state index in [1.165, 1.54) is 11.4 Å². The van der Waals surface area contributed by atoms with Crippen molar-refractivity contribution in [3.63, 3.8) is 0 Å². The van der Waals surface area contributed by atoms with Crippen molar-refractivity contribution in [1.82, 2.24) is 9.03 Å². The summed E-state index contributed by atoms with van der Waals surface area (Å²) in [5.74, 6) is 0.792. The molecule has 2 aromatic carbocycles. The van der Waals surface area contributed by atoms with E-state index in [1.807, 2.05) is 48.5 Å². The number of methoxy groups -OCH3 is 1. The molecule has 0 saturated carbocycles. The van der Waals surface area contributed by atoms with Gasteiger partial charge in [-0.2, -0.15) is 12.7 Å². The smallest absolute Gasteiger partial charge is 0.280 e. The lowest BCUT2D eigenvalue weighted by Crippen LogP contribution is -2.45. The lowest BCUT2D eigenvalue weighted by Gasteiger charge is -2.36. The van der Waals surface area contributed by atoms with Crippen LogP contribution in [-0.4, -0.2) is 33.4 Å². The first kappa shape index (κ1) is 16.0. The third-order valence-corrected chi connectivity index (χ3v) is 5.74. The Bertz CT molecular complexity index is 791. The molecule has 1 atom stereocenters. The standard InChI is InChI=1S/C17H20N2O3S/c1-18-23(20,21)19-11-10-14-12-15(22-2)8-9-16(14)17(19)13-6-4-3-5-7-13/h3-9,12,17-18H,10-11H2,1-2H3. The SMILES string of the molecule is CNS(=O)(=O)N1CCc2cc(OC)ccc2C1c1ccccc1. The lowest BCUT2D eigenvalue weighted by atomic mass is 9.90. The fraction of sp³-hybridized carbons (Fsp3) is 0.294. The molecule has 6 heteroatoms. The Balaban J connectivity index is 2.15. The number of fused-ring (bicyclic) bond motifs is 1. The molecule has 0 bridgehead atoms. The van der Waals surface area contributed by atoms with Crippen molar-refractivity contribution in [2.75, 3.05) is 20.7 Å². The minimum atomic E-state index is -3.52. The van der Waals surface area contributed by atoms with Crippen LogP contribution < -0.4 is 9.46 Å². The molecule has 0 aliphatic carbocycles. The summed E-state index contributed by atoms with van der Waals surface area (Å²) in [6, 6.07) is 15.2. The van der Waals surface area contributed by atoms with Gasteiger partial charge in [0.25, 0.3) is 10.2 Å². The zero-order valence-electron chi connectivity index (χ0n) is 13.2. The maximum Gasteiger partial charge on any atom is 0.280 e. The Morgan fingerprint density at radius 3 is 2.57 bits per heavy atom. The molecular formula is C17H20N2O3S. The highest BCUT2D eigenvalue weighted by Crippen LogP contribution is 2.37. The highest BCUT2D eigenvalue weighted by atomic mass is 32.2. The number of hydrogen-bond acceptors (Lipinski definition) is 3. The second-order valence-corrected chi connectivity index (χ2v) is 7.28. The van der Waals surface area contributed by atoms with Crippen LogP contribution in [0, 0.1) is 0 Å². The van der Waals surface area contributed by atoms with Gasteiger partial charge in [0.2, 0.25) is 0 Å². The fourth-order valence-electron chi connectivity index (χ4n) is 3.06. The predicted octanol–water partition coefficient (Wildman–Crippen LogP) is 2.11. The molecule has 1 unspecified atom stereocenters. The number of rotatable bonds is 4. The molecule has 0 saturated heterocycles. The Kier molecular flexibility index (Phi) is 4.39. The fourth-order valence-corrected chi connectivity index (χ4v) is 4.14. The summed E-state index contributed by atoms with van der Waals surface area (Å²) in [5, 5.41) is 0. The van der Waals surface area contributed by atoms with Crippen LogP contribution in [0.1, 0.15) is 22.7 Å². The van der Waals surface area contributed by atoms with Crippen LogP contribution in [0.3, 0.4) is 0 Å². The molecular weight excluding hydrogens is 312 g/mol. The Labute approximate surface area is 137 Å². The second kappa shape index (κ2) is 6.31. The Morgan fingerprint density at radius 1 is 1.17 bits per heavy atom. The van der Waals surface area contributed by atoms with Crippen molar-refractivity contribution >= 4 is 10.2 Å². The first-order chi connectivity index (χ1) is 11.1. The Morgan fingerprint density at radius 2 is 1.91 bits per heavy atom. The van der Waals surface area contributed by atoms with Crippen LogP contribution in [-0.2, 0) is 16.6 Å². The molecule has 0 aromatic heterocycles. The molecule has 0 amide bonds. The third kappa shape index (κ3) is 2.97. The summed E-state index contributed by atoms with van der Waals surface area (Å²) in [5.41, 5.74) is 3.08. The van der Waals surface area contributed by atoms with Gasteiger partial charge in [-0.15, -0.1) is 0 Å². The van der Waals surface area contributed by atoms with Crippen LogP contribution >= 0.6 is 0 Å². The van der Waals surface area contributed by atoms with E-state index in [0.29, 0.717) is 13.0 Å². The first-order valence-electron chi connectivity index (χ1n) is 7.49. The first-order valence-corrected chi connectivity index (χ1v) is 8.93. The topological polar surface area (TPSA) is 58.6 Å². The quantitative estimate of drug-likeness (QED) is 0.933. The van der Waals surface area contributed by atoms with E-state index in [4.69, 9.17) is 4.74 Å². The number of nitrogens with one attached hydrogen (secondary N) is 1. The maximum atomic E-state index is 12.5. The van der Waals surface area contributed by atoms with E-state index in [9.17, 15) is 8.42 Å². The molecule has 5 nitrogen and oxygen atoms in total. The summed E-state index contributed by atoms with van der Waals surface area (Å²) < 4.78 is 34.2. The van der Waals surface area contributed by atoms with Crippen molar-refractivity contribution < 1.29 is 13.2 Å². The molecule has 0 radical (unpaired) electrons. The Hall–Kier alpha value is -1.89. The van der Waals surface area contributed by atoms with Crippen LogP contribution in [0.25, 0.3) is 0 Å². The molecule has 1 N–H and O–H groups in total. The number of nitrogens with zero attached hydrogens (tertiary/aromatic N) is 1. The van der Waals surface area contributed by atoms with Crippen molar-refractivity contribution in [3.8, 4) is 5.75 Å². The lowest BCUT2D eigenvalue weighted by molar-refractivity contribution is 0.339. The highest BCUT2D eigenvalue weighted by molar-refractivity contribution is 7.87. The van der Waals surface area contributed by atoms with Gasteiger partial charge in [-0.25, -0.2) is 4.72 Å². The molecule has 23 heavy (non-hydrogen) atoms. The normalized spacial score (nSPS) is 18.4. The second-order valence-electron chi connectivity index (χ2n) is 5.45. The molecule has 0 fully saturated rings. The van der Waals surface area contributed by atoms with E-state index in [1.54, 1.807) is 7.11 Å². The molecule has 3 rings (SSSR count). The van der Waals surface area contributed by atoms with E-state index in [0.717, 1.165) is 22.4 Å². The average molecular weight is 332 g/mol. The minimum Gasteiger partial charge on any atom is -0.497 e. The van der Waals surface area contributed by atoms with E-state index in [-0.39, 0.29) is 6.04 Å². The summed E-state index contributed by atoms with van der Waals surface area (Å²) in [4.78, 5) is 0. The van der Waals surface area contributed by atoms with Gasteiger partial charge in [-0.1, -0.05) is 36.4 Å². The number of hydrogen-bond donors (Lipinski definition) is 1. The molecule has 1 aliphatic heterocycles. The molecule has 0 spiro atoms. The number of benzene rings is 2. The van der Waals surface area contributed by atoms with Gasteiger partial charge in [0.05, 0.1) is 13.2 Å². The predicted molar refractivity (Wildman–Crippen MR) is 89.7 cm³/mol. The molecule has 122 valence electrons. The molecule has 1 aliphatic rings. The van der Waals surface area contributed by atoms with Crippen LogP contribution in [0.15, 0.2) is 48.5 Å². The summed E-state index contributed by atoms with van der Waals surface area (Å²) >= 11 is 0. The monoisotopic (exact) mass is 332 g/mol. The largest absolute Gasteiger partial charge is 0.497 e. The van der Waals surface area contributed by atoms with Crippen LogP contribution in [0.2, 0.25) is 0 Å². The van der Waals surface area contributed by atoms with E-state index in [2.05, 4.69) is 4.72 Å². The van der Waals surface area contributed by atoms with E-state index < -0.39 is 10.2 Å². The van der Waals surface area contributed by atoms with Crippen LogP contribution in [0.4, 0.5) is 0 Å². The van der Waals surface area contributed by atoms with Gasteiger partial charge < -0.3 is 4.74 Å². The van der Waals surface area contributed by atoms with Crippen molar-refractivity contribution in [2.24, 2.45) is 0 Å². The zero-order valence-corrected chi connectivity index (χ0v) is 14.0. The van der Waals surface area contributed by atoms with Gasteiger partial charge in [0.1, 0.15) is 5.75 Å². The summed E-state index contributed by atoms with van der Waals surface area (Å²) in [6.45, 7) is 0.433. The van der Waals surface area contributed by atoms with Gasteiger partial charge in [0, 0.05) is 13.6 Å². The van der Waals surface area contributed by atoms with Crippen LogP contribution in [0.5, 0.6) is 5.75 Å². The van der Waals surface area contributed by atoms with Crippen molar-refractivity contribution in [1.29, 1.82) is 0 Å². The summed E-state index contributed by atoms with van der Waals surface area (Å²) in [6.07, 6.45) is 0.663. The maximum absolute atomic E-state index is 12.5.